The first kappa shape index (κ1) is 12.4. The topological polar surface area (TPSA) is 99.4 Å². The SMILES string of the molecule is CC(C#N)CNC(=O)COCC(=O)O. The molecule has 0 aromatic heterocycles. The molecule has 0 spiro atoms. The molecule has 0 saturated carbocycles. The summed E-state index contributed by atoms with van der Waals surface area (Å²) >= 11 is 0. The minimum Gasteiger partial charge on any atom is -0.480 e. The van der Waals surface area contributed by atoms with E-state index in [4.69, 9.17) is 10.4 Å². The van der Waals surface area contributed by atoms with Crippen LogP contribution in [-0.2, 0) is 14.3 Å². The van der Waals surface area contributed by atoms with Crippen molar-refractivity contribution in [3.8, 4) is 6.07 Å². The molecule has 0 radical (unpaired) electrons. The Hall–Kier alpha value is -1.61. The number of nitriles is 1. The van der Waals surface area contributed by atoms with Crippen molar-refractivity contribution in [3.05, 3.63) is 0 Å². The van der Waals surface area contributed by atoms with Gasteiger partial charge in [0.15, 0.2) is 0 Å². The van der Waals surface area contributed by atoms with Crippen LogP contribution in [0.2, 0.25) is 0 Å². The largest absolute Gasteiger partial charge is 0.480 e. The van der Waals surface area contributed by atoms with Crippen LogP contribution in [0.5, 0.6) is 0 Å². The molecule has 0 aliphatic rings. The van der Waals surface area contributed by atoms with Crippen molar-refractivity contribution in [3.63, 3.8) is 0 Å². The van der Waals surface area contributed by atoms with Gasteiger partial charge in [0.05, 0.1) is 12.0 Å². The molecule has 78 valence electrons. The molecule has 0 aromatic carbocycles. The monoisotopic (exact) mass is 200 g/mol. The van der Waals surface area contributed by atoms with Crippen molar-refractivity contribution < 1.29 is 19.4 Å². The van der Waals surface area contributed by atoms with E-state index in [1.165, 1.54) is 0 Å². The van der Waals surface area contributed by atoms with Gasteiger partial charge in [0.1, 0.15) is 13.2 Å². The van der Waals surface area contributed by atoms with E-state index < -0.39 is 18.5 Å². The first-order valence-electron chi connectivity index (χ1n) is 4.02. The van der Waals surface area contributed by atoms with E-state index in [-0.39, 0.29) is 19.1 Å². The van der Waals surface area contributed by atoms with Gasteiger partial charge in [-0.2, -0.15) is 5.26 Å². The van der Waals surface area contributed by atoms with Crippen LogP contribution in [0, 0.1) is 17.2 Å². The average Bonchev–Trinajstić information content (AvgIpc) is 2.13. The quantitative estimate of drug-likeness (QED) is 0.594. The van der Waals surface area contributed by atoms with E-state index >= 15 is 0 Å². The zero-order valence-corrected chi connectivity index (χ0v) is 7.82. The number of carboxylic acids is 1. The second-order valence-corrected chi connectivity index (χ2v) is 2.72. The summed E-state index contributed by atoms with van der Waals surface area (Å²) in [6.45, 7) is 1.11. The highest BCUT2D eigenvalue weighted by atomic mass is 16.5. The molecule has 1 unspecified atom stereocenters. The molecule has 0 bridgehead atoms. The molecule has 6 heteroatoms. The molecular formula is C8H12N2O4. The maximum absolute atomic E-state index is 10.9. The molecule has 0 heterocycles. The Morgan fingerprint density at radius 3 is 2.71 bits per heavy atom. The fourth-order valence-electron chi connectivity index (χ4n) is 0.595. The van der Waals surface area contributed by atoms with Crippen LogP contribution >= 0.6 is 0 Å². The molecule has 0 saturated heterocycles. The molecular weight excluding hydrogens is 188 g/mol. The Kier molecular flexibility index (Phi) is 6.07. The Balaban J connectivity index is 3.47. The number of nitrogens with one attached hydrogen (secondary N) is 1. The number of carboxylic acid groups (broad SMARTS) is 1. The van der Waals surface area contributed by atoms with E-state index in [9.17, 15) is 9.59 Å². The number of aliphatic carboxylic acids is 1. The van der Waals surface area contributed by atoms with Crippen LogP contribution in [0.3, 0.4) is 0 Å². The zero-order chi connectivity index (χ0) is 11.0. The lowest BCUT2D eigenvalue weighted by molar-refractivity contribution is -0.143. The summed E-state index contributed by atoms with van der Waals surface area (Å²) in [6, 6.07) is 1.94. The van der Waals surface area contributed by atoms with Crippen LogP contribution < -0.4 is 5.32 Å². The van der Waals surface area contributed by atoms with Gasteiger partial charge in [0.2, 0.25) is 5.91 Å². The number of amides is 1. The van der Waals surface area contributed by atoms with Gasteiger partial charge in [0.25, 0.3) is 0 Å². The summed E-state index contributed by atoms with van der Waals surface area (Å²) in [6.07, 6.45) is 0. The van der Waals surface area contributed by atoms with Gasteiger partial charge in [-0.25, -0.2) is 4.79 Å². The highest BCUT2D eigenvalue weighted by Crippen LogP contribution is 1.87. The maximum atomic E-state index is 10.9. The van der Waals surface area contributed by atoms with Crippen LogP contribution in [0.4, 0.5) is 0 Å². The van der Waals surface area contributed by atoms with Gasteiger partial charge in [-0.05, 0) is 6.92 Å². The predicted octanol–water partition coefficient (Wildman–Crippen LogP) is -0.637. The average molecular weight is 200 g/mol. The summed E-state index contributed by atoms with van der Waals surface area (Å²) in [5, 5.41) is 19.0. The number of ether oxygens (including phenoxy) is 1. The van der Waals surface area contributed by atoms with E-state index in [1.54, 1.807) is 6.92 Å². The van der Waals surface area contributed by atoms with Crippen molar-refractivity contribution in [2.24, 2.45) is 5.92 Å². The van der Waals surface area contributed by atoms with Gasteiger partial charge in [-0.3, -0.25) is 4.79 Å². The fraction of sp³-hybridized carbons (Fsp3) is 0.625. The van der Waals surface area contributed by atoms with E-state index in [2.05, 4.69) is 10.1 Å². The van der Waals surface area contributed by atoms with Crippen molar-refractivity contribution >= 4 is 11.9 Å². The molecule has 1 amide bonds. The van der Waals surface area contributed by atoms with Crippen molar-refractivity contribution in [2.45, 2.75) is 6.92 Å². The minimum absolute atomic E-state index is 0.242. The molecule has 0 aromatic rings. The number of rotatable bonds is 6. The van der Waals surface area contributed by atoms with Crippen molar-refractivity contribution in [1.82, 2.24) is 5.32 Å². The fourth-order valence-corrected chi connectivity index (χ4v) is 0.595. The van der Waals surface area contributed by atoms with Crippen LogP contribution in [-0.4, -0.2) is 36.7 Å². The van der Waals surface area contributed by atoms with E-state index in [1.807, 2.05) is 6.07 Å². The molecule has 0 aliphatic carbocycles. The molecule has 6 nitrogen and oxygen atoms in total. The van der Waals surface area contributed by atoms with Gasteiger partial charge < -0.3 is 15.2 Å². The maximum Gasteiger partial charge on any atom is 0.329 e. The minimum atomic E-state index is -1.12. The van der Waals surface area contributed by atoms with Crippen LogP contribution in [0.15, 0.2) is 0 Å². The Bertz CT molecular complexity index is 246. The lowest BCUT2D eigenvalue weighted by Crippen LogP contribution is -2.31. The summed E-state index contributed by atoms with van der Waals surface area (Å²) in [4.78, 5) is 20.9. The highest BCUT2D eigenvalue weighted by Gasteiger charge is 2.05. The third kappa shape index (κ3) is 7.06. The first-order chi connectivity index (χ1) is 6.56. The molecule has 14 heavy (non-hydrogen) atoms. The van der Waals surface area contributed by atoms with Gasteiger partial charge in [0, 0.05) is 6.54 Å². The third-order valence-electron chi connectivity index (χ3n) is 1.28. The summed E-state index contributed by atoms with van der Waals surface area (Å²) in [5.74, 6) is -1.81. The summed E-state index contributed by atoms with van der Waals surface area (Å²) < 4.78 is 4.53. The van der Waals surface area contributed by atoms with Gasteiger partial charge in [-0.15, -0.1) is 0 Å². The Labute approximate surface area is 81.5 Å². The number of nitrogens with zero attached hydrogens (tertiary/aromatic N) is 1. The zero-order valence-electron chi connectivity index (χ0n) is 7.82. The summed E-state index contributed by atoms with van der Waals surface area (Å²) in [5.41, 5.74) is 0. The van der Waals surface area contributed by atoms with Gasteiger partial charge in [-0.1, -0.05) is 0 Å². The van der Waals surface area contributed by atoms with Crippen molar-refractivity contribution in [2.75, 3.05) is 19.8 Å². The molecule has 0 fully saturated rings. The molecule has 0 aliphatic heterocycles. The standard InChI is InChI=1S/C8H12N2O4/c1-6(2-9)3-10-7(11)4-14-5-8(12)13/h6H,3-5H2,1H3,(H,10,11)(H,12,13). The number of carbonyl (C=O) groups excluding carboxylic acids is 1. The lowest BCUT2D eigenvalue weighted by Gasteiger charge is -2.05. The smallest absolute Gasteiger partial charge is 0.329 e. The predicted molar refractivity (Wildman–Crippen MR) is 46.2 cm³/mol. The molecule has 1 atom stereocenters. The first-order valence-corrected chi connectivity index (χ1v) is 4.02. The van der Waals surface area contributed by atoms with Crippen LogP contribution in [0.25, 0.3) is 0 Å². The number of hydrogen-bond donors (Lipinski definition) is 2. The third-order valence-corrected chi connectivity index (χ3v) is 1.28. The second-order valence-electron chi connectivity index (χ2n) is 2.72. The molecule has 0 rings (SSSR count). The lowest BCUT2D eigenvalue weighted by atomic mass is 10.2. The van der Waals surface area contributed by atoms with E-state index in [0.29, 0.717) is 0 Å². The van der Waals surface area contributed by atoms with E-state index in [0.717, 1.165) is 0 Å². The number of hydrogen-bond acceptors (Lipinski definition) is 4. The number of carbonyl (C=O) groups is 2. The normalized spacial score (nSPS) is 11.4. The Morgan fingerprint density at radius 2 is 2.21 bits per heavy atom. The van der Waals surface area contributed by atoms with Crippen molar-refractivity contribution in [1.29, 1.82) is 5.26 Å². The Morgan fingerprint density at radius 1 is 1.57 bits per heavy atom. The summed E-state index contributed by atoms with van der Waals surface area (Å²) in [7, 11) is 0. The van der Waals surface area contributed by atoms with Crippen LogP contribution in [0.1, 0.15) is 6.92 Å². The second kappa shape index (κ2) is 6.86. The highest BCUT2D eigenvalue weighted by molar-refractivity contribution is 5.77. The molecule has 2 N–H and O–H groups in total. The van der Waals surface area contributed by atoms with Gasteiger partial charge >= 0.3 is 5.97 Å².